The van der Waals surface area contributed by atoms with Gasteiger partial charge in [-0.3, -0.25) is 0 Å². The maximum absolute atomic E-state index is 4.79. The van der Waals surface area contributed by atoms with Gasteiger partial charge in [0.15, 0.2) is 0 Å². The summed E-state index contributed by atoms with van der Waals surface area (Å²) < 4.78 is 6.71. The van der Waals surface area contributed by atoms with Gasteiger partial charge in [0.05, 0.1) is 17.1 Å². The molecule has 1 atom stereocenters. The van der Waals surface area contributed by atoms with E-state index in [1.807, 2.05) is 6.07 Å². The molecule has 0 bridgehead atoms. The minimum absolute atomic E-state index is 0.104. The summed E-state index contributed by atoms with van der Waals surface area (Å²) in [4.78, 5) is 9.40. The van der Waals surface area contributed by atoms with Gasteiger partial charge in [-0.1, -0.05) is 12.1 Å². The van der Waals surface area contributed by atoms with Gasteiger partial charge in [-0.15, -0.1) is 0 Å². The quantitative estimate of drug-likeness (QED) is 0.774. The zero-order valence-corrected chi connectivity index (χ0v) is 13.6. The lowest BCUT2D eigenvalue weighted by molar-refractivity contribution is 0.673. The smallest absolute Gasteiger partial charge is 0.203 e. The van der Waals surface area contributed by atoms with Gasteiger partial charge in [0, 0.05) is 24.0 Å². The molecule has 114 valence electrons. The normalized spacial score (nSPS) is 16.1. The second-order valence-corrected chi connectivity index (χ2v) is 6.55. The first kappa shape index (κ1) is 13.7. The minimum Gasteiger partial charge on any atom is -0.351 e. The van der Waals surface area contributed by atoms with Crippen molar-refractivity contribution in [2.24, 2.45) is 0 Å². The largest absolute Gasteiger partial charge is 0.351 e. The standard InChI is InChI=1S/C16H19N5S/c1-3-21-13-7-5-4-6-12(13)18-15(21)10(2)17-16-19-14(20-22-16)11-8-9-11/h4-7,10-11H,3,8-9H2,1-2H3,(H,17,19,20). The van der Waals surface area contributed by atoms with Crippen LogP contribution in [0.4, 0.5) is 5.13 Å². The first-order valence-electron chi connectivity index (χ1n) is 7.81. The number of imidazole rings is 1. The lowest BCUT2D eigenvalue weighted by atomic mass is 10.3. The molecule has 22 heavy (non-hydrogen) atoms. The van der Waals surface area contributed by atoms with E-state index in [2.05, 4.69) is 51.3 Å². The van der Waals surface area contributed by atoms with E-state index < -0.39 is 0 Å². The summed E-state index contributed by atoms with van der Waals surface area (Å²) in [7, 11) is 0. The van der Waals surface area contributed by atoms with Gasteiger partial charge in [-0.05, 0) is 38.8 Å². The molecular formula is C16H19N5S. The van der Waals surface area contributed by atoms with Crippen LogP contribution in [0.15, 0.2) is 24.3 Å². The van der Waals surface area contributed by atoms with Crippen molar-refractivity contribution in [2.45, 2.75) is 45.2 Å². The number of aromatic nitrogens is 4. The number of anilines is 1. The van der Waals surface area contributed by atoms with Gasteiger partial charge in [-0.2, -0.15) is 4.37 Å². The van der Waals surface area contributed by atoms with Gasteiger partial charge >= 0.3 is 0 Å². The van der Waals surface area contributed by atoms with Crippen molar-refractivity contribution in [1.29, 1.82) is 0 Å². The third kappa shape index (κ3) is 2.37. The molecule has 1 N–H and O–H groups in total. The van der Waals surface area contributed by atoms with E-state index in [1.54, 1.807) is 0 Å². The SMILES string of the molecule is CCn1c(C(C)Nc2nc(C3CC3)ns2)nc2ccccc21. The van der Waals surface area contributed by atoms with Gasteiger partial charge in [0.2, 0.25) is 5.13 Å². The predicted octanol–water partition coefficient (Wildman–Crippen LogP) is 3.96. The van der Waals surface area contributed by atoms with Crippen LogP contribution in [-0.4, -0.2) is 18.9 Å². The van der Waals surface area contributed by atoms with Crippen LogP contribution in [0.1, 0.15) is 50.3 Å². The van der Waals surface area contributed by atoms with Crippen molar-refractivity contribution < 1.29 is 0 Å². The minimum atomic E-state index is 0.104. The highest BCUT2D eigenvalue weighted by Gasteiger charge is 2.28. The molecule has 2 aromatic heterocycles. The van der Waals surface area contributed by atoms with Gasteiger partial charge in [0.1, 0.15) is 11.6 Å². The first-order valence-corrected chi connectivity index (χ1v) is 8.59. The number of hydrogen-bond donors (Lipinski definition) is 1. The summed E-state index contributed by atoms with van der Waals surface area (Å²) in [6, 6.07) is 8.38. The summed E-state index contributed by atoms with van der Waals surface area (Å²) in [5.74, 6) is 2.65. The molecule has 2 heterocycles. The molecule has 0 spiro atoms. The zero-order chi connectivity index (χ0) is 15.1. The fourth-order valence-corrected chi connectivity index (χ4v) is 3.54. The number of nitrogens with zero attached hydrogens (tertiary/aromatic N) is 4. The van der Waals surface area contributed by atoms with E-state index in [4.69, 9.17) is 4.98 Å². The molecule has 0 aliphatic heterocycles. The molecule has 1 fully saturated rings. The number of fused-ring (bicyclic) bond motifs is 1. The van der Waals surface area contributed by atoms with Gasteiger partial charge in [0.25, 0.3) is 0 Å². The average Bonchev–Trinajstić information content (AvgIpc) is 3.16. The van der Waals surface area contributed by atoms with Crippen molar-refractivity contribution >= 4 is 27.7 Å². The Morgan fingerprint density at radius 1 is 1.32 bits per heavy atom. The molecule has 1 saturated carbocycles. The number of benzene rings is 1. The Hall–Kier alpha value is -1.95. The fourth-order valence-electron chi connectivity index (χ4n) is 2.81. The van der Waals surface area contributed by atoms with Crippen LogP contribution in [0, 0.1) is 0 Å². The number of para-hydroxylation sites is 2. The fraction of sp³-hybridized carbons (Fsp3) is 0.438. The Kier molecular flexibility index (Phi) is 3.33. The highest BCUT2D eigenvalue weighted by molar-refractivity contribution is 7.09. The number of aryl methyl sites for hydroxylation is 1. The Labute approximate surface area is 133 Å². The maximum atomic E-state index is 4.79. The maximum Gasteiger partial charge on any atom is 0.203 e. The molecule has 0 saturated heterocycles. The van der Waals surface area contributed by atoms with Crippen LogP contribution in [0.2, 0.25) is 0 Å². The Balaban J connectivity index is 1.62. The second-order valence-electron chi connectivity index (χ2n) is 5.80. The Morgan fingerprint density at radius 3 is 2.91 bits per heavy atom. The van der Waals surface area contributed by atoms with E-state index in [9.17, 15) is 0 Å². The average molecular weight is 313 g/mol. The van der Waals surface area contributed by atoms with Crippen LogP contribution >= 0.6 is 11.5 Å². The van der Waals surface area contributed by atoms with Crippen LogP contribution < -0.4 is 5.32 Å². The number of nitrogens with one attached hydrogen (secondary N) is 1. The molecule has 0 amide bonds. The highest BCUT2D eigenvalue weighted by atomic mass is 32.1. The highest BCUT2D eigenvalue weighted by Crippen LogP contribution is 2.39. The monoisotopic (exact) mass is 313 g/mol. The lowest BCUT2D eigenvalue weighted by Crippen LogP contribution is -2.13. The lowest BCUT2D eigenvalue weighted by Gasteiger charge is -2.14. The van der Waals surface area contributed by atoms with Gasteiger partial charge in [-0.25, -0.2) is 9.97 Å². The Bertz CT molecular complexity index is 802. The summed E-state index contributed by atoms with van der Waals surface area (Å²) in [5, 5.41) is 4.35. The summed E-state index contributed by atoms with van der Waals surface area (Å²) in [6.45, 7) is 5.19. The van der Waals surface area contributed by atoms with Crippen molar-refractivity contribution in [3.8, 4) is 0 Å². The molecule has 3 aromatic rings. The van der Waals surface area contributed by atoms with Crippen LogP contribution in [0.3, 0.4) is 0 Å². The molecular weight excluding hydrogens is 294 g/mol. The molecule has 0 radical (unpaired) electrons. The van der Waals surface area contributed by atoms with Crippen molar-refractivity contribution in [3.05, 3.63) is 35.9 Å². The van der Waals surface area contributed by atoms with E-state index in [0.29, 0.717) is 5.92 Å². The third-order valence-electron chi connectivity index (χ3n) is 4.11. The van der Waals surface area contributed by atoms with Crippen LogP contribution in [0.5, 0.6) is 0 Å². The van der Waals surface area contributed by atoms with Crippen LogP contribution in [-0.2, 0) is 6.54 Å². The van der Waals surface area contributed by atoms with Crippen LogP contribution in [0.25, 0.3) is 11.0 Å². The summed E-state index contributed by atoms with van der Waals surface area (Å²) in [6.07, 6.45) is 2.47. The summed E-state index contributed by atoms with van der Waals surface area (Å²) >= 11 is 1.45. The second kappa shape index (κ2) is 5.35. The molecule has 6 heteroatoms. The zero-order valence-electron chi connectivity index (χ0n) is 12.8. The number of hydrogen-bond acceptors (Lipinski definition) is 5. The van der Waals surface area contributed by atoms with Crippen molar-refractivity contribution in [1.82, 2.24) is 18.9 Å². The van der Waals surface area contributed by atoms with Gasteiger partial charge < -0.3 is 9.88 Å². The molecule has 1 aromatic carbocycles. The molecule has 4 rings (SSSR count). The number of rotatable bonds is 5. The van der Waals surface area contributed by atoms with E-state index in [-0.39, 0.29) is 6.04 Å². The van der Waals surface area contributed by atoms with E-state index >= 15 is 0 Å². The topological polar surface area (TPSA) is 55.6 Å². The molecule has 5 nitrogen and oxygen atoms in total. The van der Waals surface area contributed by atoms with Crippen molar-refractivity contribution in [2.75, 3.05) is 5.32 Å². The van der Waals surface area contributed by atoms with E-state index in [0.717, 1.165) is 28.8 Å². The molecule has 1 aliphatic carbocycles. The third-order valence-corrected chi connectivity index (χ3v) is 4.77. The molecule has 1 aliphatic rings. The molecule has 1 unspecified atom stereocenters. The van der Waals surface area contributed by atoms with E-state index in [1.165, 1.54) is 29.9 Å². The first-order chi connectivity index (χ1) is 10.8. The summed E-state index contributed by atoms with van der Waals surface area (Å²) in [5.41, 5.74) is 2.23. The van der Waals surface area contributed by atoms with Crippen molar-refractivity contribution in [3.63, 3.8) is 0 Å². The predicted molar refractivity (Wildman–Crippen MR) is 89.3 cm³/mol. The Morgan fingerprint density at radius 2 is 2.14 bits per heavy atom.